The molecule has 1 amide bonds. The smallest absolute Gasteiger partial charge is 0.239 e. The van der Waals surface area contributed by atoms with Gasteiger partial charge in [-0.2, -0.15) is 13.8 Å². The lowest BCUT2D eigenvalue weighted by molar-refractivity contribution is -0.117. The Morgan fingerprint density at radius 1 is 1.32 bits per heavy atom. The van der Waals surface area contributed by atoms with Crippen molar-refractivity contribution in [2.75, 3.05) is 5.32 Å². The summed E-state index contributed by atoms with van der Waals surface area (Å²) in [5.74, 6) is -0.191. The van der Waals surface area contributed by atoms with Crippen LogP contribution in [0.15, 0.2) is 12.1 Å². The summed E-state index contributed by atoms with van der Waals surface area (Å²) in [6.45, 7) is 0. The summed E-state index contributed by atoms with van der Waals surface area (Å²) in [7, 11) is 0. The van der Waals surface area contributed by atoms with E-state index in [2.05, 4.69) is 10.3 Å². The lowest BCUT2D eigenvalue weighted by atomic mass is 9.86. The average molecular weight is 266 g/mol. The molecule has 1 aromatic rings. The maximum Gasteiger partial charge on any atom is 0.239 e. The molecule has 2 aliphatic carbocycles. The number of nitrogens with zero attached hydrogens (tertiary/aromatic N) is 1. The van der Waals surface area contributed by atoms with E-state index in [1.807, 2.05) is 0 Å². The molecule has 3 unspecified atom stereocenters. The minimum absolute atomic E-state index is 0.0467. The Kier molecular flexibility index (Phi) is 3.21. The van der Waals surface area contributed by atoms with E-state index in [0.717, 1.165) is 18.4 Å². The molecule has 1 heterocycles. The Morgan fingerprint density at radius 2 is 2.16 bits per heavy atom. The van der Waals surface area contributed by atoms with Crippen molar-refractivity contribution in [3.05, 3.63) is 24.0 Å². The largest absolute Gasteiger partial charge is 0.322 e. The lowest BCUT2D eigenvalue weighted by Crippen LogP contribution is -2.21. The number of pyridine rings is 1. The molecule has 0 saturated heterocycles. The molecule has 2 bridgehead atoms. The van der Waals surface area contributed by atoms with Crippen molar-refractivity contribution in [1.29, 1.82) is 0 Å². The Bertz CT molecular complexity index is 506. The Morgan fingerprint density at radius 3 is 2.79 bits per heavy atom. The van der Waals surface area contributed by atoms with Crippen molar-refractivity contribution < 1.29 is 13.6 Å². The van der Waals surface area contributed by atoms with Crippen molar-refractivity contribution in [1.82, 2.24) is 4.98 Å². The number of amides is 1. The number of hydrogen-bond acceptors (Lipinski definition) is 2. The molecule has 0 aromatic carbocycles. The van der Waals surface area contributed by atoms with E-state index < -0.39 is 11.9 Å². The molecule has 0 aliphatic heterocycles. The van der Waals surface area contributed by atoms with Gasteiger partial charge < -0.3 is 5.32 Å². The van der Waals surface area contributed by atoms with E-state index >= 15 is 0 Å². The van der Waals surface area contributed by atoms with Gasteiger partial charge in [-0.05, 0) is 49.1 Å². The quantitative estimate of drug-likeness (QED) is 0.854. The van der Waals surface area contributed by atoms with Crippen LogP contribution in [0.4, 0.5) is 14.5 Å². The van der Waals surface area contributed by atoms with E-state index in [1.54, 1.807) is 0 Å². The Hall–Kier alpha value is -1.52. The van der Waals surface area contributed by atoms with Crippen LogP contribution in [0.5, 0.6) is 0 Å². The third-order valence-electron chi connectivity index (χ3n) is 4.42. The first kappa shape index (κ1) is 12.5. The van der Waals surface area contributed by atoms with Gasteiger partial charge in [0.25, 0.3) is 0 Å². The molecule has 5 heteroatoms. The summed E-state index contributed by atoms with van der Waals surface area (Å²) < 4.78 is 26.0. The maximum absolute atomic E-state index is 13.3. The average Bonchev–Trinajstić information content (AvgIpc) is 2.95. The van der Waals surface area contributed by atoms with Crippen molar-refractivity contribution in [2.24, 2.45) is 17.8 Å². The van der Waals surface area contributed by atoms with Crippen LogP contribution in [0.2, 0.25) is 0 Å². The topological polar surface area (TPSA) is 42.0 Å². The number of carbonyl (C=O) groups is 1. The molecule has 1 N–H and O–H groups in total. The molecule has 2 aliphatic rings. The summed E-state index contributed by atoms with van der Waals surface area (Å²) in [5.41, 5.74) is -0.0467. The van der Waals surface area contributed by atoms with Gasteiger partial charge in [0.1, 0.15) is 0 Å². The van der Waals surface area contributed by atoms with Crippen LogP contribution in [0, 0.1) is 29.6 Å². The van der Waals surface area contributed by atoms with Gasteiger partial charge >= 0.3 is 0 Å². The fraction of sp³-hybridized carbons (Fsp3) is 0.571. The molecule has 1 aromatic heterocycles. The number of rotatable bonds is 3. The van der Waals surface area contributed by atoms with Gasteiger partial charge in [-0.1, -0.05) is 6.42 Å². The van der Waals surface area contributed by atoms with Gasteiger partial charge in [0.15, 0.2) is 0 Å². The van der Waals surface area contributed by atoms with Gasteiger partial charge in [0.2, 0.25) is 17.8 Å². The second kappa shape index (κ2) is 4.87. The third kappa shape index (κ3) is 2.60. The van der Waals surface area contributed by atoms with Crippen LogP contribution in [-0.2, 0) is 4.79 Å². The minimum atomic E-state index is -0.971. The second-order valence-electron chi connectivity index (χ2n) is 5.66. The molecular formula is C14H16F2N2O. The second-order valence-corrected chi connectivity index (χ2v) is 5.66. The molecule has 3 rings (SSSR count). The first-order valence-corrected chi connectivity index (χ1v) is 6.73. The summed E-state index contributed by atoms with van der Waals surface area (Å²) in [6.07, 6.45) is 5.29. The Labute approximate surface area is 110 Å². The predicted molar refractivity (Wildman–Crippen MR) is 66.3 cm³/mol. The third-order valence-corrected chi connectivity index (χ3v) is 4.42. The van der Waals surface area contributed by atoms with Crippen molar-refractivity contribution >= 4 is 11.6 Å². The molecule has 2 saturated carbocycles. The highest BCUT2D eigenvalue weighted by Crippen LogP contribution is 2.49. The zero-order valence-corrected chi connectivity index (χ0v) is 10.5. The number of carbonyl (C=O) groups excluding carboxylic acids is 1. The zero-order valence-electron chi connectivity index (χ0n) is 10.5. The molecule has 0 radical (unpaired) electrons. The van der Waals surface area contributed by atoms with E-state index in [9.17, 15) is 13.6 Å². The van der Waals surface area contributed by atoms with Crippen LogP contribution in [0.25, 0.3) is 0 Å². The van der Waals surface area contributed by atoms with Crippen molar-refractivity contribution in [3.63, 3.8) is 0 Å². The number of fused-ring (bicyclic) bond motifs is 2. The molecule has 2 fully saturated rings. The highest BCUT2D eigenvalue weighted by molar-refractivity contribution is 5.90. The highest BCUT2D eigenvalue weighted by atomic mass is 19.1. The number of nitrogens with one attached hydrogen (secondary N) is 1. The lowest BCUT2D eigenvalue weighted by Gasteiger charge is -2.20. The predicted octanol–water partition coefficient (Wildman–Crippen LogP) is 3.12. The van der Waals surface area contributed by atoms with Crippen molar-refractivity contribution in [3.8, 4) is 0 Å². The molecule has 0 spiro atoms. The number of aromatic nitrogens is 1. The van der Waals surface area contributed by atoms with E-state index in [-0.39, 0.29) is 11.6 Å². The number of halogens is 2. The number of anilines is 1. The van der Waals surface area contributed by atoms with E-state index in [4.69, 9.17) is 0 Å². The SMILES string of the molecule is O=C(CC1CC2CCC1C2)Nc1ccc(F)nc1F. The van der Waals surface area contributed by atoms with E-state index in [1.165, 1.54) is 25.3 Å². The normalized spacial score (nSPS) is 28.6. The van der Waals surface area contributed by atoms with Gasteiger partial charge in [-0.15, -0.1) is 0 Å². The standard InChI is InChI=1S/C14H16F2N2O/c15-12-4-3-11(14(16)18-12)17-13(19)7-10-6-8-1-2-9(10)5-8/h3-4,8-10H,1-2,5-7H2,(H,17,19). The van der Waals surface area contributed by atoms with Crippen molar-refractivity contribution in [2.45, 2.75) is 32.1 Å². The minimum Gasteiger partial charge on any atom is -0.322 e. The van der Waals surface area contributed by atoms with Crippen LogP contribution < -0.4 is 5.32 Å². The summed E-state index contributed by atoms with van der Waals surface area (Å²) in [4.78, 5) is 14.9. The zero-order chi connectivity index (χ0) is 13.4. The van der Waals surface area contributed by atoms with Gasteiger partial charge in [-0.25, -0.2) is 0 Å². The summed E-state index contributed by atoms with van der Waals surface area (Å²) >= 11 is 0. The highest BCUT2D eigenvalue weighted by Gasteiger charge is 2.40. The molecular weight excluding hydrogens is 250 g/mol. The Balaban J connectivity index is 1.59. The molecule has 102 valence electrons. The van der Waals surface area contributed by atoms with Crippen LogP contribution >= 0.6 is 0 Å². The molecule has 3 nitrogen and oxygen atoms in total. The van der Waals surface area contributed by atoms with E-state index in [0.29, 0.717) is 18.3 Å². The monoisotopic (exact) mass is 266 g/mol. The molecule has 19 heavy (non-hydrogen) atoms. The first-order valence-electron chi connectivity index (χ1n) is 6.73. The summed E-state index contributed by atoms with van der Waals surface area (Å²) in [5, 5.41) is 2.48. The first-order chi connectivity index (χ1) is 9.11. The van der Waals surface area contributed by atoms with Gasteiger partial charge in [0.05, 0.1) is 5.69 Å². The fourth-order valence-corrected chi connectivity index (χ4v) is 3.57. The maximum atomic E-state index is 13.3. The number of hydrogen-bond donors (Lipinski definition) is 1. The van der Waals surface area contributed by atoms with Crippen LogP contribution in [-0.4, -0.2) is 10.9 Å². The molecule has 3 atom stereocenters. The van der Waals surface area contributed by atoms with Crippen LogP contribution in [0.3, 0.4) is 0 Å². The van der Waals surface area contributed by atoms with Crippen LogP contribution in [0.1, 0.15) is 32.1 Å². The van der Waals surface area contributed by atoms with Gasteiger partial charge in [0, 0.05) is 6.42 Å². The summed E-state index contributed by atoms with van der Waals surface area (Å²) in [6, 6.07) is 2.24. The fourth-order valence-electron chi connectivity index (χ4n) is 3.57. The van der Waals surface area contributed by atoms with Gasteiger partial charge in [-0.3, -0.25) is 4.79 Å².